The minimum atomic E-state index is -0.0567. The molecule has 83 heavy (non-hydrogen) atoms. The van der Waals surface area contributed by atoms with Gasteiger partial charge >= 0.3 is 0 Å². The average molecular weight is 1100 g/mol. The number of aryl methyl sites for hydroxylation is 2. The lowest BCUT2D eigenvalue weighted by atomic mass is 9.36. The van der Waals surface area contributed by atoms with Crippen LogP contribution in [0, 0.1) is 31.6 Å². The SMILES string of the molecule is Cc1cccc(C)c1-c1cc2c3c(c1)N(c1ccc(-c4ccc(C56CC7CC(CC(C7)C5)C6)cc4)cc1)c1c(sc4cc5c(cc14)C(C)(C)CCC5(C)C)B3c1ccc(C(C)(C)C)cc1N2c1cccc2c1-c1ccccc1C21CCCC1. The molecule has 0 saturated heterocycles. The lowest BCUT2D eigenvalue weighted by Crippen LogP contribution is -2.60. The van der Waals surface area contributed by atoms with Gasteiger partial charge in [0, 0.05) is 48.6 Å². The average Bonchev–Trinajstić information content (AvgIpc) is 2.03. The molecule has 1 spiro atoms. The predicted molar refractivity (Wildman–Crippen MR) is 355 cm³/mol. The Morgan fingerprint density at radius 1 is 0.518 bits per heavy atom. The zero-order chi connectivity index (χ0) is 56.3. The van der Waals surface area contributed by atoms with E-state index in [1.165, 1.54) is 209 Å². The minimum absolute atomic E-state index is 0.0194. The summed E-state index contributed by atoms with van der Waals surface area (Å²) in [5.41, 5.74) is 30.9. The second-order valence-electron chi connectivity index (χ2n) is 30.2. The van der Waals surface area contributed by atoms with E-state index >= 15 is 0 Å². The van der Waals surface area contributed by atoms with Crippen LogP contribution in [-0.2, 0) is 27.1 Å². The van der Waals surface area contributed by atoms with Crippen LogP contribution < -0.4 is 25.5 Å². The van der Waals surface area contributed by atoms with Crippen molar-refractivity contribution >= 4 is 78.0 Å². The van der Waals surface area contributed by atoms with Gasteiger partial charge in [0.25, 0.3) is 6.71 Å². The van der Waals surface area contributed by atoms with Gasteiger partial charge in [0.1, 0.15) is 0 Å². The summed E-state index contributed by atoms with van der Waals surface area (Å²) in [7, 11) is 0. The molecule has 18 rings (SSSR count). The molecule has 0 radical (unpaired) electrons. The van der Waals surface area contributed by atoms with Crippen molar-refractivity contribution in [3.8, 4) is 33.4 Å². The third kappa shape index (κ3) is 7.27. The molecule has 0 unspecified atom stereocenters. The number of benzene rings is 8. The molecule has 1 aromatic heterocycles. The van der Waals surface area contributed by atoms with E-state index in [-0.39, 0.29) is 28.4 Å². The first kappa shape index (κ1) is 50.9. The van der Waals surface area contributed by atoms with Gasteiger partial charge in [-0.05, 0) is 249 Å². The van der Waals surface area contributed by atoms with Crippen molar-refractivity contribution in [3.63, 3.8) is 0 Å². The van der Waals surface area contributed by atoms with Crippen molar-refractivity contribution in [3.05, 3.63) is 196 Å². The maximum atomic E-state index is 2.77. The Labute approximate surface area is 498 Å². The molecular weight excluding hydrogens is 1020 g/mol. The summed E-state index contributed by atoms with van der Waals surface area (Å²) in [6, 6.07) is 61.7. The molecule has 4 heteroatoms. The smallest absolute Gasteiger partial charge is 0.264 e. The summed E-state index contributed by atoms with van der Waals surface area (Å²) in [5, 5.41) is 1.39. The lowest BCUT2D eigenvalue weighted by molar-refractivity contribution is -0.00518. The van der Waals surface area contributed by atoms with E-state index in [0.717, 1.165) is 17.8 Å². The Morgan fingerprint density at radius 2 is 1.12 bits per heavy atom. The van der Waals surface area contributed by atoms with E-state index in [2.05, 4.69) is 235 Å². The molecule has 0 atom stereocenters. The maximum absolute atomic E-state index is 2.77. The molecule has 9 aromatic rings. The number of thiophene rings is 1. The fraction of sp³-hybridized carbons (Fsp3) is 0.367. The highest BCUT2D eigenvalue weighted by Crippen LogP contribution is 2.63. The first-order valence-electron chi connectivity index (χ1n) is 32.0. The first-order chi connectivity index (χ1) is 40.0. The van der Waals surface area contributed by atoms with E-state index in [1.807, 2.05) is 0 Å². The Kier molecular flexibility index (Phi) is 10.7. The van der Waals surface area contributed by atoms with Gasteiger partial charge in [0.2, 0.25) is 0 Å². The van der Waals surface area contributed by atoms with Gasteiger partial charge in [-0.15, -0.1) is 11.3 Å². The number of nitrogens with zero attached hydrogens (tertiary/aromatic N) is 2. The molecule has 414 valence electrons. The summed E-state index contributed by atoms with van der Waals surface area (Å²) in [6.45, 7) is 21.8. The van der Waals surface area contributed by atoms with E-state index in [1.54, 1.807) is 5.56 Å². The summed E-state index contributed by atoms with van der Waals surface area (Å²) >= 11 is 2.07. The molecule has 3 heterocycles. The van der Waals surface area contributed by atoms with E-state index < -0.39 is 0 Å². The Hall–Kier alpha value is -6.62. The van der Waals surface area contributed by atoms with E-state index in [9.17, 15) is 0 Å². The highest BCUT2D eigenvalue weighted by Gasteiger charge is 2.53. The summed E-state index contributed by atoms with van der Waals surface area (Å²) in [6.07, 6.45) is 16.0. The van der Waals surface area contributed by atoms with Crippen molar-refractivity contribution in [2.24, 2.45) is 17.8 Å². The van der Waals surface area contributed by atoms with E-state index in [4.69, 9.17) is 0 Å². The highest BCUT2D eigenvalue weighted by molar-refractivity contribution is 7.33. The predicted octanol–water partition coefficient (Wildman–Crippen LogP) is 19.9. The minimum Gasteiger partial charge on any atom is -0.311 e. The van der Waals surface area contributed by atoms with Crippen LogP contribution in [0.1, 0.15) is 170 Å². The monoisotopic (exact) mass is 1100 g/mol. The van der Waals surface area contributed by atoms with Gasteiger partial charge in [0.05, 0.1) is 11.4 Å². The van der Waals surface area contributed by atoms with Crippen molar-refractivity contribution in [2.75, 3.05) is 9.80 Å². The zero-order valence-corrected chi connectivity index (χ0v) is 51.3. The molecule has 0 N–H and O–H groups in total. The molecule has 4 bridgehead atoms. The molecule has 2 nitrogen and oxygen atoms in total. The molecule has 0 amide bonds. The summed E-state index contributed by atoms with van der Waals surface area (Å²) in [5.74, 6) is 2.82. The fourth-order valence-electron chi connectivity index (χ4n) is 19.4. The van der Waals surface area contributed by atoms with Crippen LogP contribution in [0.15, 0.2) is 152 Å². The van der Waals surface area contributed by atoms with Gasteiger partial charge in [-0.1, -0.05) is 164 Å². The van der Waals surface area contributed by atoms with Crippen LogP contribution in [0.5, 0.6) is 0 Å². The Balaban J connectivity index is 0.929. The molecule has 9 aliphatic rings. The van der Waals surface area contributed by atoms with Crippen LogP contribution in [-0.4, -0.2) is 6.71 Å². The molecule has 7 aliphatic carbocycles. The normalized spacial score (nSPS) is 23.3. The zero-order valence-electron chi connectivity index (χ0n) is 50.5. The van der Waals surface area contributed by atoms with Gasteiger partial charge in [-0.25, -0.2) is 0 Å². The molecule has 2 aliphatic heterocycles. The highest BCUT2D eigenvalue weighted by atomic mass is 32.1. The van der Waals surface area contributed by atoms with Gasteiger partial charge in [-0.2, -0.15) is 0 Å². The standard InChI is InChI=1S/C79H79BN2S/c1-47-16-14-17-48(2)70(47)54-39-67-72-68(40-54)82(65-21-15-20-61-71(65)58-18-10-11-19-60(58)79(61)32-12-13-33-79)66-41-56(75(3,4)5)28-31-64(66)80(72)74-73(59-42-62-63(43-69(59)83-74)77(8,9)35-34-76(62,6)7)81(67)57-29-24-53(25-30-57)52-22-26-55(27-23-52)78-44-49-36-50(45-78)38-51(37-49)46-78/h10-11,14-31,39-43,49-51H,12-13,32-38,44-46H2,1-9H3. The maximum Gasteiger partial charge on any atom is 0.264 e. The van der Waals surface area contributed by atoms with Crippen molar-refractivity contribution in [1.29, 1.82) is 0 Å². The van der Waals surface area contributed by atoms with Gasteiger partial charge < -0.3 is 9.80 Å². The van der Waals surface area contributed by atoms with Crippen LogP contribution in [0.25, 0.3) is 43.5 Å². The largest absolute Gasteiger partial charge is 0.311 e. The second kappa shape index (κ2) is 17.5. The number of anilines is 6. The lowest BCUT2D eigenvalue weighted by Gasteiger charge is -2.57. The van der Waals surface area contributed by atoms with Crippen LogP contribution >= 0.6 is 11.3 Å². The molecular formula is C79H79BN2S. The van der Waals surface area contributed by atoms with Gasteiger partial charge in [-0.3, -0.25) is 0 Å². The summed E-state index contributed by atoms with van der Waals surface area (Å²) in [4.78, 5) is 5.52. The van der Waals surface area contributed by atoms with Crippen LogP contribution in [0.3, 0.4) is 0 Å². The van der Waals surface area contributed by atoms with Crippen molar-refractivity contribution in [2.45, 2.75) is 166 Å². The van der Waals surface area contributed by atoms with Gasteiger partial charge in [0.15, 0.2) is 0 Å². The van der Waals surface area contributed by atoms with Crippen molar-refractivity contribution in [1.82, 2.24) is 0 Å². The van der Waals surface area contributed by atoms with E-state index in [0.29, 0.717) is 5.41 Å². The van der Waals surface area contributed by atoms with Crippen LogP contribution in [0.2, 0.25) is 0 Å². The molecule has 5 fully saturated rings. The van der Waals surface area contributed by atoms with Crippen LogP contribution in [0.4, 0.5) is 34.1 Å². The number of fused-ring (bicyclic) bond motifs is 12. The topological polar surface area (TPSA) is 6.48 Å². The Morgan fingerprint density at radius 3 is 1.78 bits per heavy atom. The first-order valence-corrected chi connectivity index (χ1v) is 32.8. The second-order valence-corrected chi connectivity index (χ2v) is 31.2. The number of rotatable bonds is 5. The molecule has 5 saturated carbocycles. The molecule has 8 aromatic carbocycles. The number of hydrogen-bond acceptors (Lipinski definition) is 3. The fourth-order valence-corrected chi connectivity index (χ4v) is 20.8. The third-order valence-corrected chi connectivity index (χ3v) is 24.4. The number of hydrogen-bond donors (Lipinski definition) is 0. The summed E-state index contributed by atoms with van der Waals surface area (Å²) < 4.78 is 2.85. The quantitative estimate of drug-likeness (QED) is 0.159. The third-order valence-electron chi connectivity index (χ3n) is 23.2. The van der Waals surface area contributed by atoms with Crippen molar-refractivity contribution < 1.29 is 0 Å². The Bertz CT molecular complexity index is 4160.